The normalized spacial score (nSPS) is 22.4. The molecule has 1 saturated heterocycles. The Morgan fingerprint density at radius 2 is 1.61 bits per heavy atom. The molecule has 0 aromatic heterocycles. The highest BCUT2D eigenvalue weighted by atomic mass is 16.7. The highest BCUT2D eigenvalue weighted by molar-refractivity contribution is 6.45. The molecule has 1 aromatic carbocycles. The second-order valence-electron chi connectivity index (χ2n) is 9.48. The predicted molar refractivity (Wildman–Crippen MR) is 112 cm³/mol. The van der Waals surface area contributed by atoms with Crippen LogP contribution in [0.2, 0.25) is 6.32 Å². The number of carbonyl (C=O) groups excluding carboxylic acids is 1. The first-order chi connectivity index (χ1) is 13.2. The van der Waals surface area contributed by atoms with E-state index in [1.54, 1.807) is 0 Å². The zero-order chi connectivity index (χ0) is 20.3. The monoisotopic (exact) mass is 386 g/mol. The maximum Gasteiger partial charge on any atom is 0.457 e. The minimum atomic E-state index is -0.287. The van der Waals surface area contributed by atoms with E-state index in [1.807, 2.05) is 30.3 Å². The highest BCUT2D eigenvalue weighted by Crippen LogP contribution is 2.44. The lowest BCUT2D eigenvalue weighted by molar-refractivity contribution is -0.157. The molecule has 0 unspecified atom stereocenters. The van der Waals surface area contributed by atoms with Crippen LogP contribution in [-0.2, 0) is 25.4 Å². The Labute approximate surface area is 170 Å². The van der Waals surface area contributed by atoms with Crippen LogP contribution < -0.4 is 0 Å². The third-order valence-electron chi connectivity index (χ3n) is 6.85. The smallest absolute Gasteiger partial charge is 0.457 e. The van der Waals surface area contributed by atoms with E-state index in [9.17, 15) is 4.79 Å². The van der Waals surface area contributed by atoms with Crippen LogP contribution in [0.4, 0.5) is 0 Å². The van der Waals surface area contributed by atoms with E-state index in [0.717, 1.165) is 56.8 Å². The lowest BCUT2D eigenvalue weighted by atomic mass is 9.77. The maximum atomic E-state index is 12.9. The van der Waals surface area contributed by atoms with Gasteiger partial charge in [0, 0.05) is 0 Å². The van der Waals surface area contributed by atoms with Gasteiger partial charge in [0.1, 0.15) is 6.61 Å². The van der Waals surface area contributed by atoms with E-state index in [2.05, 4.69) is 27.7 Å². The zero-order valence-corrected chi connectivity index (χ0v) is 18.0. The Morgan fingerprint density at radius 3 is 2.21 bits per heavy atom. The van der Waals surface area contributed by atoms with Crippen LogP contribution in [0, 0.1) is 5.41 Å². The summed E-state index contributed by atoms with van der Waals surface area (Å²) in [6.45, 7) is 8.72. The number of unbranched alkanes of at least 4 members (excludes halogenated alkanes) is 1. The summed E-state index contributed by atoms with van der Waals surface area (Å²) in [7, 11) is -0.144. The average molecular weight is 386 g/mol. The van der Waals surface area contributed by atoms with E-state index < -0.39 is 0 Å². The fraction of sp³-hybridized carbons (Fsp3) is 0.696. The lowest BCUT2D eigenvalue weighted by Crippen LogP contribution is -2.41. The standard InChI is InChI=1S/C23H35BO4/c1-21(2)22(3,4)28-24(27-21)17-11-10-16-23(14-8-9-15-23)20(25)26-18-19-12-6-5-7-13-19/h5-7,12-13H,8-11,14-18H2,1-4H3. The Morgan fingerprint density at radius 1 is 1.00 bits per heavy atom. The zero-order valence-electron chi connectivity index (χ0n) is 18.0. The molecule has 0 bridgehead atoms. The van der Waals surface area contributed by atoms with Crippen LogP contribution in [0.5, 0.6) is 0 Å². The molecule has 3 rings (SSSR count). The number of benzene rings is 1. The van der Waals surface area contributed by atoms with Gasteiger partial charge >= 0.3 is 13.1 Å². The number of hydrogen-bond donors (Lipinski definition) is 0. The summed E-state index contributed by atoms with van der Waals surface area (Å²) in [5.74, 6) is -0.00974. The van der Waals surface area contributed by atoms with E-state index in [4.69, 9.17) is 14.0 Å². The number of esters is 1. The summed E-state index contributed by atoms with van der Waals surface area (Å²) in [5.41, 5.74) is 0.215. The molecule has 0 atom stereocenters. The van der Waals surface area contributed by atoms with Gasteiger partial charge in [-0.1, -0.05) is 56.0 Å². The second kappa shape index (κ2) is 8.58. The maximum absolute atomic E-state index is 12.9. The molecule has 2 aliphatic rings. The Kier molecular flexibility index (Phi) is 6.56. The first-order valence-electron chi connectivity index (χ1n) is 10.8. The average Bonchev–Trinajstić information content (AvgIpc) is 3.20. The van der Waals surface area contributed by atoms with Gasteiger partial charge in [-0.05, 0) is 58.8 Å². The largest absolute Gasteiger partial charge is 0.460 e. The molecule has 0 amide bonds. The van der Waals surface area contributed by atoms with Gasteiger partial charge in [0.25, 0.3) is 0 Å². The molecular weight excluding hydrogens is 351 g/mol. The van der Waals surface area contributed by atoms with Crippen molar-refractivity contribution in [3.05, 3.63) is 35.9 Å². The Balaban J connectivity index is 1.46. The third kappa shape index (κ3) is 4.80. The van der Waals surface area contributed by atoms with E-state index >= 15 is 0 Å². The molecule has 1 heterocycles. The van der Waals surface area contributed by atoms with Gasteiger partial charge in [0.15, 0.2) is 0 Å². The van der Waals surface area contributed by atoms with Gasteiger partial charge in [0.05, 0.1) is 16.6 Å². The van der Waals surface area contributed by atoms with Gasteiger partial charge in [0.2, 0.25) is 0 Å². The van der Waals surface area contributed by atoms with Crippen molar-refractivity contribution in [1.29, 1.82) is 0 Å². The molecule has 1 aliphatic carbocycles. The molecule has 1 aromatic rings. The number of carbonyl (C=O) groups is 1. The van der Waals surface area contributed by atoms with Gasteiger partial charge in [-0.2, -0.15) is 0 Å². The minimum Gasteiger partial charge on any atom is -0.460 e. The van der Waals surface area contributed by atoms with Crippen LogP contribution in [0.1, 0.15) is 78.2 Å². The molecule has 0 radical (unpaired) electrons. The SMILES string of the molecule is CC1(C)OB(CCCCC2(C(=O)OCc3ccccc3)CCCC2)OC1(C)C. The van der Waals surface area contributed by atoms with Crippen molar-refractivity contribution in [1.82, 2.24) is 0 Å². The summed E-state index contributed by atoms with van der Waals surface area (Å²) in [6.07, 6.45) is 7.95. The molecular formula is C23H35BO4. The molecule has 1 saturated carbocycles. The second-order valence-corrected chi connectivity index (χ2v) is 9.48. The topological polar surface area (TPSA) is 44.8 Å². The molecule has 4 nitrogen and oxygen atoms in total. The highest BCUT2D eigenvalue weighted by Gasteiger charge is 2.50. The van der Waals surface area contributed by atoms with Crippen molar-refractivity contribution in [2.45, 2.75) is 96.8 Å². The molecule has 5 heteroatoms. The molecule has 28 heavy (non-hydrogen) atoms. The summed E-state index contributed by atoms with van der Waals surface area (Å²) in [4.78, 5) is 12.9. The van der Waals surface area contributed by atoms with Crippen LogP contribution in [0.15, 0.2) is 30.3 Å². The number of hydrogen-bond acceptors (Lipinski definition) is 4. The fourth-order valence-corrected chi connectivity index (χ4v) is 4.34. The molecule has 2 fully saturated rings. The lowest BCUT2D eigenvalue weighted by Gasteiger charge is -2.32. The minimum absolute atomic E-state index is 0.00974. The van der Waals surface area contributed by atoms with Gasteiger partial charge < -0.3 is 14.0 Å². The van der Waals surface area contributed by atoms with Crippen LogP contribution >= 0.6 is 0 Å². The Bertz CT molecular complexity index is 634. The van der Waals surface area contributed by atoms with E-state index in [1.165, 1.54) is 0 Å². The molecule has 0 spiro atoms. The molecule has 1 aliphatic heterocycles. The van der Waals surface area contributed by atoms with Crippen molar-refractivity contribution in [2.75, 3.05) is 0 Å². The predicted octanol–water partition coefficient (Wildman–Crippen LogP) is 5.55. The fourth-order valence-electron chi connectivity index (χ4n) is 4.34. The van der Waals surface area contributed by atoms with Gasteiger partial charge in [-0.25, -0.2) is 0 Å². The Hall–Kier alpha value is -1.33. The van der Waals surface area contributed by atoms with Crippen molar-refractivity contribution in [3.8, 4) is 0 Å². The van der Waals surface area contributed by atoms with Crippen molar-refractivity contribution >= 4 is 13.1 Å². The first-order valence-corrected chi connectivity index (χ1v) is 10.8. The van der Waals surface area contributed by atoms with Crippen molar-refractivity contribution in [2.24, 2.45) is 5.41 Å². The summed E-state index contributed by atoms with van der Waals surface area (Å²) in [6, 6.07) is 9.93. The number of ether oxygens (including phenoxy) is 1. The van der Waals surface area contributed by atoms with Gasteiger partial charge in [-0.3, -0.25) is 4.79 Å². The third-order valence-corrected chi connectivity index (χ3v) is 6.85. The van der Waals surface area contributed by atoms with Crippen molar-refractivity contribution in [3.63, 3.8) is 0 Å². The van der Waals surface area contributed by atoms with Crippen molar-refractivity contribution < 1.29 is 18.8 Å². The van der Waals surface area contributed by atoms with E-state index in [0.29, 0.717) is 6.61 Å². The molecule has 0 N–H and O–H groups in total. The summed E-state index contributed by atoms with van der Waals surface area (Å²) < 4.78 is 17.9. The molecule has 154 valence electrons. The van der Waals surface area contributed by atoms with E-state index in [-0.39, 0.29) is 29.7 Å². The van der Waals surface area contributed by atoms with Crippen LogP contribution in [0.25, 0.3) is 0 Å². The number of rotatable bonds is 8. The summed E-state index contributed by atoms with van der Waals surface area (Å²) >= 11 is 0. The van der Waals surface area contributed by atoms with Crippen LogP contribution in [0.3, 0.4) is 0 Å². The van der Waals surface area contributed by atoms with Crippen LogP contribution in [-0.4, -0.2) is 24.3 Å². The first kappa shape index (κ1) is 21.4. The summed E-state index contributed by atoms with van der Waals surface area (Å²) in [5, 5.41) is 0. The van der Waals surface area contributed by atoms with Gasteiger partial charge in [-0.15, -0.1) is 0 Å². The quantitative estimate of drug-likeness (QED) is 0.334.